The maximum atomic E-state index is 12.2. The fraction of sp³-hybridized carbons (Fsp3) is 0.412. The standard InChI is InChI=1S/C17H20ClN5O2S/c1-22-11-19-21-17(22)26-10-15(24)20-14-8-16(25)23(9-14)6-5-12-3-2-4-13(18)7-12/h2-4,7,11,14H,5-6,8-10H2,1H3,(H,20,24). The summed E-state index contributed by atoms with van der Waals surface area (Å²) in [6, 6.07) is 7.49. The van der Waals surface area contributed by atoms with Crippen molar-refractivity contribution in [1.29, 1.82) is 0 Å². The highest BCUT2D eigenvalue weighted by Crippen LogP contribution is 2.16. The van der Waals surface area contributed by atoms with Crippen molar-refractivity contribution in [3.05, 3.63) is 41.2 Å². The van der Waals surface area contributed by atoms with E-state index >= 15 is 0 Å². The van der Waals surface area contributed by atoms with E-state index < -0.39 is 0 Å². The zero-order chi connectivity index (χ0) is 18.5. The van der Waals surface area contributed by atoms with Crippen LogP contribution >= 0.6 is 23.4 Å². The molecule has 1 N–H and O–H groups in total. The maximum Gasteiger partial charge on any atom is 0.230 e. The van der Waals surface area contributed by atoms with E-state index in [2.05, 4.69) is 15.5 Å². The Morgan fingerprint density at radius 3 is 3.04 bits per heavy atom. The molecule has 2 heterocycles. The van der Waals surface area contributed by atoms with Gasteiger partial charge < -0.3 is 14.8 Å². The number of rotatable bonds is 7. The van der Waals surface area contributed by atoms with E-state index in [1.807, 2.05) is 31.3 Å². The fourth-order valence-corrected chi connectivity index (χ4v) is 3.76. The average Bonchev–Trinajstić information content (AvgIpc) is 3.16. The second-order valence-corrected chi connectivity index (χ2v) is 7.58. The Bertz CT molecular complexity index is 797. The van der Waals surface area contributed by atoms with Gasteiger partial charge in [0.15, 0.2) is 5.16 Å². The van der Waals surface area contributed by atoms with Gasteiger partial charge in [-0.05, 0) is 24.1 Å². The molecule has 1 aliphatic rings. The molecule has 1 fully saturated rings. The minimum atomic E-state index is -0.144. The lowest BCUT2D eigenvalue weighted by atomic mass is 10.1. The number of hydrogen-bond donors (Lipinski definition) is 1. The van der Waals surface area contributed by atoms with E-state index in [1.54, 1.807) is 15.8 Å². The molecule has 3 rings (SSSR count). The normalized spacial score (nSPS) is 16.9. The first-order valence-corrected chi connectivity index (χ1v) is 9.66. The third kappa shape index (κ3) is 4.98. The van der Waals surface area contributed by atoms with E-state index in [0.717, 1.165) is 12.0 Å². The van der Waals surface area contributed by atoms with Gasteiger partial charge in [0.1, 0.15) is 6.33 Å². The van der Waals surface area contributed by atoms with Crippen molar-refractivity contribution >= 4 is 35.2 Å². The molecular weight excluding hydrogens is 374 g/mol. The Morgan fingerprint density at radius 2 is 2.31 bits per heavy atom. The first-order chi connectivity index (χ1) is 12.5. The number of amides is 2. The van der Waals surface area contributed by atoms with Crippen LogP contribution in [0.3, 0.4) is 0 Å². The summed E-state index contributed by atoms with van der Waals surface area (Å²) in [6.07, 6.45) is 2.68. The number of aryl methyl sites for hydroxylation is 1. The lowest BCUT2D eigenvalue weighted by molar-refractivity contribution is -0.127. The Morgan fingerprint density at radius 1 is 1.46 bits per heavy atom. The predicted octanol–water partition coefficient (Wildman–Crippen LogP) is 1.52. The molecule has 2 aromatic rings. The highest BCUT2D eigenvalue weighted by molar-refractivity contribution is 7.99. The average molecular weight is 394 g/mol. The van der Waals surface area contributed by atoms with Gasteiger partial charge >= 0.3 is 0 Å². The number of carbonyl (C=O) groups excluding carboxylic acids is 2. The molecule has 138 valence electrons. The van der Waals surface area contributed by atoms with Crippen molar-refractivity contribution in [2.75, 3.05) is 18.8 Å². The molecule has 0 radical (unpaired) electrons. The van der Waals surface area contributed by atoms with Gasteiger partial charge in [0.2, 0.25) is 11.8 Å². The van der Waals surface area contributed by atoms with Gasteiger partial charge in [-0.3, -0.25) is 9.59 Å². The number of nitrogens with zero attached hydrogens (tertiary/aromatic N) is 4. The summed E-state index contributed by atoms with van der Waals surface area (Å²) in [5.41, 5.74) is 1.10. The monoisotopic (exact) mass is 393 g/mol. The number of halogens is 1. The molecule has 1 saturated heterocycles. The van der Waals surface area contributed by atoms with Crippen LogP contribution in [0.5, 0.6) is 0 Å². The van der Waals surface area contributed by atoms with Crippen LogP contribution in [0.15, 0.2) is 35.7 Å². The molecule has 1 aromatic heterocycles. The van der Waals surface area contributed by atoms with Gasteiger partial charge in [0, 0.05) is 31.6 Å². The molecular formula is C17H20ClN5O2S. The molecule has 0 spiro atoms. The SMILES string of the molecule is Cn1cnnc1SCC(=O)NC1CC(=O)N(CCc2cccc(Cl)c2)C1. The van der Waals surface area contributed by atoms with Crippen LogP contribution in [0.2, 0.25) is 5.02 Å². The quantitative estimate of drug-likeness (QED) is 0.721. The van der Waals surface area contributed by atoms with Crippen LogP contribution in [-0.2, 0) is 23.1 Å². The van der Waals surface area contributed by atoms with E-state index in [1.165, 1.54) is 11.8 Å². The number of aromatic nitrogens is 3. The van der Waals surface area contributed by atoms with Crippen LogP contribution < -0.4 is 5.32 Å². The van der Waals surface area contributed by atoms with E-state index in [4.69, 9.17) is 11.6 Å². The lowest BCUT2D eigenvalue weighted by Gasteiger charge is -2.17. The van der Waals surface area contributed by atoms with Crippen molar-refractivity contribution in [2.24, 2.45) is 7.05 Å². The Kier molecular flexibility index (Phi) is 6.16. The third-order valence-corrected chi connectivity index (χ3v) is 5.41. The summed E-state index contributed by atoms with van der Waals surface area (Å²) in [7, 11) is 1.83. The van der Waals surface area contributed by atoms with Crippen LogP contribution in [-0.4, -0.2) is 56.4 Å². The summed E-state index contributed by atoms with van der Waals surface area (Å²) in [5, 5.41) is 12.0. The first kappa shape index (κ1) is 18.7. The molecule has 0 saturated carbocycles. The summed E-state index contributed by atoms with van der Waals surface area (Å²) in [5.74, 6) is 0.213. The number of likely N-dealkylation sites (tertiary alicyclic amines) is 1. The minimum absolute atomic E-state index is 0.0679. The van der Waals surface area contributed by atoms with Crippen LogP contribution in [0.25, 0.3) is 0 Å². The predicted molar refractivity (Wildman–Crippen MR) is 100 cm³/mol. The molecule has 0 bridgehead atoms. The summed E-state index contributed by atoms with van der Waals surface area (Å²) >= 11 is 7.31. The highest BCUT2D eigenvalue weighted by atomic mass is 35.5. The lowest BCUT2D eigenvalue weighted by Crippen LogP contribution is -2.38. The molecule has 26 heavy (non-hydrogen) atoms. The van der Waals surface area contributed by atoms with Crippen molar-refractivity contribution < 1.29 is 9.59 Å². The first-order valence-electron chi connectivity index (χ1n) is 8.29. The Labute approximate surface area is 161 Å². The summed E-state index contributed by atoms with van der Waals surface area (Å²) < 4.78 is 1.76. The second kappa shape index (κ2) is 8.55. The highest BCUT2D eigenvalue weighted by Gasteiger charge is 2.30. The fourth-order valence-electron chi connectivity index (χ4n) is 2.84. The van der Waals surface area contributed by atoms with Gasteiger partial charge in [-0.25, -0.2) is 0 Å². The zero-order valence-electron chi connectivity index (χ0n) is 14.4. The molecule has 1 aromatic carbocycles. The molecule has 2 amide bonds. The molecule has 1 unspecified atom stereocenters. The van der Waals surface area contributed by atoms with Crippen molar-refractivity contribution in [2.45, 2.75) is 24.0 Å². The summed E-state index contributed by atoms with van der Waals surface area (Å²) in [4.78, 5) is 26.1. The topological polar surface area (TPSA) is 80.1 Å². The molecule has 9 heteroatoms. The Balaban J connectivity index is 1.43. The van der Waals surface area contributed by atoms with Crippen molar-refractivity contribution in [1.82, 2.24) is 25.0 Å². The van der Waals surface area contributed by atoms with Crippen LogP contribution in [0, 0.1) is 0 Å². The summed E-state index contributed by atoms with van der Waals surface area (Å²) in [6.45, 7) is 1.17. The molecule has 1 atom stereocenters. The number of carbonyl (C=O) groups is 2. The third-order valence-electron chi connectivity index (χ3n) is 4.14. The van der Waals surface area contributed by atoms with Crippen molar-refractivity contribution in [3.8, 4) is 0 Å². The van der Waals surface area contributed by atoms with E-state index in [9.17, 15) is 9.59 Å². The number of hydrogen-bond acceptors (Lipinski definition) is 5. The molecule has 1 aliphatic heterocycles. The molecule has 7 nitrogen and oxygen atoms in total. The molecule has 0 aliphatic carbocycles. The van der Waals surface area contributed by atoms with E-state index in [0.29, 0.717) is 29.7 Å². The van der Waals surface area contributed by atoms with Gasteiger partial charge in [0.05, 0.1) is 11.8 Å². The Hall–Kier alpha value is -2.06. The van der Waals surface area contributed by atoms with E-state index in [-0.39, 0.29) is 23.6 Å². The number of thioether (sulfide) groups is 1. The maximum absolute atomic E-state index is 12.2. The van der Waals surface area contributed by atoms with Gasteiger partial charge in [-0.1, -0.05) is 35.5 Å². The van der Waals surface area contributed by atoms with Gasteiger partial charge in [-0.2, -0.15) is 0 Å². The number of benzene rings is 1. The zero-order valence-corrected chi connectivity index (χ0v) is 16.0. The van der Waals surface area contributed by atoms with Crippen LogP contribution in [0.1, 0.15) is 12.0 Å². The van der Waals surface area contributed by atoms with Crippen molar-refractivity contribution in [3.63, 3.8) is 0 Å². The minimum Gasteiger partial charge on any atom is -0.350 e. The largest absolute Gasteiger partial charge is 0.350 e. The second-order valence-electron chi connectivity index (χ2n) is 6.20. The number of nitrogens with one attached hydrogen (secondary N) is 1. The van der Waals surface area contributed by atoms with Gasteiger partial charge in [0.25, 0.3) is 0 Å². The smallest absolute Gasteiger partial charge is 0.230 e. The van der Waals surface area contributed by atoms with Crippen LogP contribution in [0.4, 0.5) is 0 Å². The van der Waals surface area contributed by atoms with Gasteiger partial charge in [-0.15, -0.1) is 10.2 Å².